The van der Waals surface area contributed by atoms with E-state index < -0.39 is 32.3 Å². The molecule has 6 nitrogen and oxygen atoms in total. The van der Waals surface area contributed by atoms with Crippen LogP contribution < -0.4 is 11.1 Å². The van der Waals surface area contributed by atoms with Crippen LogP contribution in [0.5, 0.6) is 0 Å². The third kappa shape index (κ3) is 2.74. The van der Waals surface area contributed by atoms with Crippen molar-refractivity contribution in [2.75, 3.05) is 12.4 Å². The van der Waals surface area contributed by atoms with E-state index in [0.29, 0.717) is 6.20 Å². The fourth-order valence-corrected chi connectivity index (χ4v) is 2.85. The molecule has 2 rings (SSSR count). The number of aliphatic imine (C=N–C) groups is 2. The van der Waals surface area contributed by atoms with Crippen LogP contribution in [0.2, 0.25) is 0 Å². The number of anilines is 1. The monoisotopic (exact) mass is 441 g/mol. The summed E-state index contributed by atoms with van der Waals surface area (Å²) in [4.78, 5) is 22.7. The molecule has 3 N–H and O–H groups in total. The molecule has 0 bridgehead atoms. The van der Waals surface area contributed by atoms with Gasteiger partial charge in [0.15, 0.2) is 3.23 Å². The van der Waals surface area contributed by atoms with Gasteiger partial charge in [-0.15, -0.1) is 0 Å². The van der Waals surface area contributed by atoms with E-state index in [-0.39, 0.29) is 11.4 Å². The largest absolute Gasteiger partial charge is 0.418 e. The lowest BCUT2D eigenvalue weighted by Crippen LogP contribution is -2.27. The maximum atomic E-state index is 13.2. The van der Waals surface area contributed by atoms with Crippen molar-refractivity contribution in [2.24, 2.45) is 15.7 Å². The number of nitrogens with two attached hydrogens (primary N) is 1. The number of alkyl halides is 5. The Morgan fingerprint density at radius 2 is 2.14 bits per heavy atom. The van der Waals surface area contributed by atoms with Crippen LogP contribution in [0.3, 0.4) is 0 Å². The van der Waals surface area contributed by atoms with Crippen molar-refractivity contribution in [3.8, 4) is 0 Å². The summed E-state index contributed by atoms with van der Waals surface area (Å²) >= 11 is 6.10. The number of nitrogens with one attached hydrogen (secondary N) is 1. The van der Waals surface area contributed by atoms with Gasteiger partial charge in [0, 0.05) is 24.4 Å². The van der Waals surface area contributed by atoms with Crippen molar-refractivity contribution in [2.45, 2.75) is 9.41 Å². The van der Waals surface area contributed by atoms with E-state index in [1.54, 1.807) is 0 Å². The molecule has 0 unspecified atom stereocenters. The Labute approximate surface area is 139 Å². The number of nitrogens with zero attached hydrogens (tertiary/aromatic N) is 3. The fraction of sp³-hybridized carbons (Fsp3) is 0.273. The normalized spacial score (nSPS) is 17.7. The minimum Gasteiger partial charge on any atom is -0.383 e. The number of carbonyl (C=O) groups is 1. The molecule has 1 aliphatic rings. The number of hydrogen-bond acceptors (Lipinski definition) is 3. The van der Waals surface area contributed by atoms with Gasteiger partial charge in [-0.25, -0.2) is 9.98 Å². The molecule has 22 heavy (non-hydrogen) atoms. The standard InChI is InChI=1S/C11H8Br2F3N5O/c1-18-3-20-7(17)5-4(11(14,15)16)2-19-8-6(5)10(12,13)9(22)21-8/h2-3H,1H3,(H2,17,18,20)(H,19,21,22). The number of pyridine rings is 1. The number of rotatable bonds is 2. The van der Waals surface area contributed by atoms with Gasteiger partial charge >= 0.3 is 6.18 Å². The van der Waals surface area contributed by atoms with E-state index in [4.69, 9.17) is 5.73 Å². The minimum atomic E-state index is -4.72. The van der Waals surface area contributed by atoms with E-state index in [0.717, 1.165) is 6.34 Å². The summed E-state index contributed by atoms with van der Waals surface area (Å²) in [6.45, 7) is 0. The highest BCUT2D eigenvalue weighted by molar-refractivity contribution is 9.25. The molecule has 0 spiro atoms. The van der Waals surface area contributed by atoms with Crippen molar-refractivity contribution >= 4 is 55.8 Å². The molecule has 1 aromatic rings. The Morgan fingerprint density at radius 1 is 1.50 bits per heavy atom. The van der Waals surface area contributed by atoms with E-state index in [9.17, 15) is 18.0 Å². The van der Waals surface area contributed by atoms with Crippen LogP contribution in [0.15, 0.2) is 16.2 Å². The zero-order valence-electron chi connectivity index (χ0n) is 10.9. The maximum absolute atomic E-state index is 13.2. The smallest absolute Gasteiger partial charge is 0.383 e. The van der Waals surface area contributed by atoms with Crippen LogP contribution in [-0.2, 0) is 14.2 Å². The summed E-state index contributed by atoms with van der Waals surface area (Å²) in [5.74, 6) is -1.09. The van der Waals surface area contributed by atoms with Crippen LogP contribution in [0.4, 0.5) is 19.0 Å². The highest BCUT2D eigenvalue weighted by Gasteiger charge is 2.49. The van der Waals surface area contributed by atoms with Crippen molar-refractivity contribution in [3.05, 3.63) is 22.9 Å². The van der Waals surface area contributed by atoms with Crippen LogP contribution in [0, 0.1) is 0 Å². The molecule has 0 saturated heterocycles. The van der Waals surface area contributed by atoms with Crippen molar-refractivity contribution in [3.63, 3.8) is 0 Å². The third-order valence-electron chi connectivity index (χ3n) is 2.78. The second kappa shape index (κ2) is 5.61. The van der Waals surface area contributed by atoms with Gasteiger partial charge in [0.1, 0.15) is 18.0 Å². The molecule has 11 heteroatoms. The quantitative estimate of drug-likeness (QED) is 0.418. The second-order valence-electron chi connectivity index (χ2n) is 4.18. The topological polar surface area (TPSA) is 92.7 Å². The number of hydrogen-bond donors (Lipinski definition) is 2. The first-order valence-electron chi connectivity index (χ1n) is 5.65. The van der Waals surface area contributed by atoms with Crippen molar-refractivity contribution in [1.82, 2.24) is 4.98 Å². The first-order chi connectivity index (χ1) is 10.1. The molecule has 0 saturated carbocycles. The number of amidine groups is 1. The van der Waals surface area contributed by atoms with Gasteiger partial charge in [0.25, 0.3) is 5.91 Å². The van der Waals surface area contributed by atoms with Gasteiger partial charge in [-0.1, -0.05) is 31.9 Å². The Kier molecular flexibility index (Phi) is 4.30. The zero-order chi connectivity index (χ0) is 16.7. The summed E-state index contributed by atoms with van der Waals surface area (Å²) in [5, 5.41) is 2.36. The van der Waals surface area contributed by atoms with Crippen molar-refractivity contribution < 1.29 is 18.0 Å². The first kappa shape index (κ1) is 16.9. The predicted octanol–water partition coefficient (Wildman–Crippen LogP) is 2.36. The first-order valence-corrected chi connectivity index (χ1v) is 7.23. The molecule has 0 radical (unpaired) electrons. The minimum absolute atomic E-state index is 0.0339. The highest BCUT2D eigenvalue weighted by atomic mass is 79.9. The Morgan fingerprint density at radius 3 is 2.68 bits per heavy atom. The molecule has 0 fully saturated rings. The third-order valence-corrected chi connectivity index (χ3v) is 4.30. The second-order valence-corrected chi connectivity index (χ2v) is 7.63. The van der Waals surface area contributed by atoms with Gasteiger partial charge < -0.3 is 11.1 Å². The van der Waals surface area contributed by atoms with Gasteiger partial charge in [-0.2, -0.15) is 13.2 Å². The average Bonchev–Trinajstić information content (AvgIpc) is 2.64. The Balaban J connectivity index is 2.83. The van der Waals surface area contributed by atoms with E-state index in [1.807, 2.05) is 0 Å². The van der Waals surface area contributed by atoms with Gasteiger partial charge in [-0.05, 0) is 0 Å². The molecule has 0 aromatic carbocycles. The van der Waals surface area contributed by atoms with Crippen LogP contribution in [0.25, 0.3) is 0 Å². The number of fused-ring (bicyclic) bond motifs is 1. The SMILES string of the molecule is CN=CN=C(N)c1c(C(F)(F)F)cnc2c1C(Br)(Br)C(=O)N2. The summed E-state index contributed by atoms with van der Waals surface area (Å²) in [6, 6.07) is 0. The fourth-order valence-electron chi connectivity index (χ4n) is 1.88. The summed E-state index contributed by atoms with van der Waals surface area (Å²) < 4.78 is 38.1. The maximum Gasteiger partial charge on any atom is 0.418 e. The van der Waals surface area contributed by atoms with E-state index in [1.165, 1.54) is 7.05 Å². The molecule has 1 aliphatic heterocycles. The van der Waals surface area contributed by atoms with Gasteiger partial charge in [-0.3, -0.25) is 9.79 Å². The number of carbonyl (C=O) groups excluding carboxylic acids is 1. The molecule has 1 aromatic heterocycles. The average molecular weight is 443 g/mol. The zero-order valence-corrected chi connectivity index (χ0v) is 14.0. The van der Waals surface area contributed by atoms with Gasteiger partial charge in [0.05, 0.1) is 5.56 Å². The molecule has 118 valence electrons. The van der Waals surface area contributed by atoms with Crippen LogP contribution in [-0.4, -0.2) is 30.1 Å². The molecule has 1 amide bonds. The molecule has 0 atom stereocenters. The number of aromatic nitrogens is 1. The lowest BCUT2D eigenvalue weighted by molar-refractivity contribution is -0.138. The summed E-state index contributed by atoms with van der Waals surface area (Å²) in [5.41, 5.74) is 4.04. The Hall–Kier alpha value is -1.49. The lowest BCUT2D eigenvalue weighted by Gasteiger charge is -2.19. The predicted molar refractivity (Wildman–Crippen MR) is 82.5 cm³/mol. The lowest BCUT2D eigenvalue weighted by atomic mass is 10.0. The van der Waals surface area contributed by atoms with Crippen LogP contribution in [0.1, 0.15) is 16.7 Å². The number of amides is 1. The van der Waals surface area contributed by atoms with Gasteiger partial charge in [0.2, 0.25) is 0 Å². The summed E-state index contributed by atoms with van der Waals surface area (Å²) in [7, 11) is 1.39. The van der Waals surface area contributed by atoms with E-state index >= 15 is 0 Å². The van der Waals surface area contributed by atoms with Crippen LogP contribution >= 0.6 is 31.9 Å². The summed E-state index contributed by atoms with van der Waals surface area (Å²) in [6.07, 6.45) is -3.11. The van der Waals surface area contributed by atoms with Crippen molar-refractivity contribution in [1.29, 1.82) is 0 Å². The highest BCUT2D eigenvalue weighted by Crippen LogP contribution is 2.50. The number of halogens is 5. The molecular weight excluding hydrogens is 435 g/mol. The molecule has 0 aliphatic carbocycles. The molecular formula is C11H8Br2F3N5O. The molecule has 2 heterocycles. The Bertz CT molecular complexity index is 700. The van der Waals surface area contributed by atoms with E-state index in [2.05, 4.69) is 52.1 Å².